The van der Waals surface area contributed by atoms with Gasteiger partial charge in [0.1, 0.15) is 5.75 Å². The summed E-state index contributed by atoms with van der Waals surface area (Å²) >= 11 is 0. The molecule has 18 heavy (non-hydrogen) atoms. The van der Waals surface area contributed by atoms with Crippen molar-refractivity contribution < 1.29 is 14.6 Å². The molecule has 0 aliphatic heterocycles. The Bertz CT molecular complexity index is 645. The molecule has 1 heterocycles. The Morgan fingerprint density at radius 3 is 2.72 bits per heavy atom. The monoisotopic (exact) mass is 245 g/mol. The Morgan fingerprint density at radius 1 is 1.28 bits per heavy atom. The van der Waals surface area contributed by atoms with Gasteiger partial charge in [-0.05, 0) is 18.2 Å². The van der Waals surface area contributed by atoms with Crippen molar-refractivity contribution in [1.82, 2.24) is 4.98 Å². The highest BCUT2D eigenvalue weighted by molar-refractivity contribution is 5.88. The molecule has 0 bridgehead atoms. The average Bonchev–Trinajstić information content (AvgIpc) is 2.38. The first kappa shape index (κ1) is 11.9. The predicted molar refractivity (Wildman–Crippen MR) is 66.0 cm³/mol. The number of hydrogen-bond acceptors (Lipinski definition) is 3. The Hall–Kier alpha value is -2.56. The third kappa shape index (κ3) is 2.40. The van der Waals surface area contributed by atoms with E-state index in [0.717, 1.165) is 6.07 Å². The summed E-state index contributed by atoms with van der Waals surface area (Å²) in [5.41, 5.74) is 0.637. The van der Waals surface area contributed by atoms with Crippen molar-refractivity contribution in [1.29, 1.82) is 0 Å². The molecule has 0 saturated carbocycles. The molecule has 0 aliphatic carbocycles. The number of ether oxygens (including phenoxy) is 1. The van der Waals surface area contributed by atoms with Gasteiger partial charge >= 0.3 is 5.97 Å². The van der Waals surface area contributed by atoms with Gasteiger partial charge in [-0.3, -0.25) is 4.79 Å². The van der Waals surface area contributed by atoms with Crippen LogP contribution >= 0.6 is 0 Å². The summed E-state index contributed by atoms with van der Waals surface area (Å²) in [4.78, 5) is 24.9. The van der Waals surface area contributed by atoms with E-state index in [1.807, 2.05) is 0 Å². The van der Waals surface area contributed by atoms with Crippen molar-refractivity contribution in [2.45, 2.75) is 0 Å². The zero-order valence-electron chi connectivity index (χ0n) is 9.64. The van der Waals surface area contributed by atoms with Crippen molar-refractivity contribution in [3.8, 4) is 17.0 Å². The standard InChI is InChI=1S/C13H11NO4/c1-18-10-4-2-3-8(5-10)11-6-9(13(16)17)7-12(15)14-11/h2-7H,1H3,(H,14,15)(H,16,17). The Balaban J connectivity index is 2.56. The summed E-state index contributed by atoms with van der Waals surface area (Å²) < 4.78 is 5.08. The van der Waals surface area contributed by atoms with Crippen molar-refractivity contribution in [2.24, 2.45) is 0 Å². The highest BCUT2D eigenvalue weighted by Gasteiger charge is 2.08. The molecule has 0 fully saturated rings. The SMILES string of the molecule is COc1cccc(-c2cc(C(=O)O)cc(=O)[nH]2)c1. The number of aromatic carboxylic acids is 1. The normalized spacial score (nSPS) is 10.1. The summed E-state index contributed by atoms with van der Waals surface area (Å²) in [7, 11) is 1.54. The number of benzene rings is 1. The molecular weight excluding hydrogens is 234 g/mol. The Morgan fingerprint density at radius 2 is 2.06 bits per heavy atom. The maximum Gasteiger partial charge on any atom is 0.335 e. The Labute approximate surface area is 103 Å². The van der Waals surface area contributed by atoms with Gasteiger partial charge in [0.25, 0.3) is 0 Å². The molecule has 5 nitrogen and oxygen atoms in total. The van der Waals surface area contributed by atoms with Gasteiger partial charge in [-0.2, -0.15) is 0 Å². The molecule has 0 unspecified atom stereocenters. The van der Waals surface area contributed by atoms with Crippen molar-refractivity contribution >= 4 is 5.97 Å². The minimum atomic E-state index is -1.13. The second-order valence-corrected chi connectivity index (χ2v) is 3.68. The van der Waals surface area contributed by atoms with Crippen LogP contribution in [0.15, 0.2) is 41.2 Å². The van der Waals surface area contributed by atoms with Gasteiger partial charge in [0.2, 0.25) is 5.56 Å². The number of pyridine rings is 1. The van der Waals surface area contributed by atoms with Crippen LogP contribution in [0.1, 0.15) is 10.4 Å². The number of aromatic amines is 1. The van der Waals surface area contributed by atoms with Crippen LogP contribution in [0, 0.1) is 0 Å². The van der Waals surface area contributed by atoms with Crippen molar-refractivity contribution in [3.05, 3.63) is 52.3 Å². The fourth-order valence-electron chi connectivity index (χ4n) is 1.61. The van der Waals surface area contributed by atoms with Gasteiger partial charge in [0.15, 0.2) is 0 Å². The first-order chi connectivity index (χ1) is 8.60. The van der Waals surface area contributed by atoms with Crippen LogP contribution in [0.4, 0.5) is 0 Å². The minimum absolute atomic E-state index is 0.0448. The lowest BCUT2D eigenvalue weighted by Crippen LogP contribution is -2.10. The summed E-state index contributed by atoms with van der Waals surface area (Å²) in [6.45, 7) is 0. The van der Waals surface area contributed by atoms with E-state index in [1.165, 1.54) is 13.2 Å². The van der Waals surface area contributed by atoms with E-state index in [0.29, 0.717) is 17.0 Å². The molecule has 0 amide bonds. The average molecular weight is 245 g/mol. The molecule has 2 N–H and O–H groups in total. The van der Waals surface area contributed by atoms with E-state index in [4.69, 9.17) is 9.84 Å². The lowest BCUT2D eigenvalue weighted by atomic mass is 10.1. The number of nitrogens with one attached hydrogen (secondary N) is 1. The number of methoxy groups -OCH3 is 1. The van der Waals surface area contributed by atoms with Crippen LogP contribution in [0.25, 0.3) is 11.3 Å². The fraction of sp³-hybridized carbons (Fsp3) is 0.0769. The summed E-state index contributed by atoms with van der Waals surface area (Å²) in [6, 6.07) is 9.48. The molecule has 1 aromatic carbocycles. The zero-order valence-corrected chi connectivity index (χ0v) is 9.64. The predicted octanol–water partition coefficient (Wildman–Crippen LogP) is 1.75. The fourth-order valence-corrected chi connectivity index (χ4v) is 1.61. The number of carbonyl (C=O) groups is 1. The van der Waals surface area contributed by atoms with E-state index in [2.05, 4.69) is 4.98 Å². The van der Waals surface area contributed by atoms with Crippen LogP contribution in [0.3, 0.4) is 0 Å². The van der Waals surface area contributed by atoms with Crippen LogP contribution in [0.2, 0.25) is 0 Å². The van der Waals surface area contributed by atoms with Crippen LogP contribution in [-0.4, -0.2) is 23.2 Å². The first-order valence-corrected chi connectivity index (χ1v) is 5.22. The molecule has 0 atom stereocenters. The van der Waals surface area contributed by atoms with E-state index >= 15 is 0 Å². The largest absolute Gasteiger partial charge is 0.497 e. The maximum atomic E-state index is 11.4. The number of aromatic nitrogens is 1. The summed E-state index contributed by atoms with van der Waals surface area (Å²) in [5.74, 6) is -0.501. The van der Waals surface area contributed by atoms with Crippen molar-refractivity contribution in [3.63, 3.8) is 0 Å². The topological polar surface area (TPSA) is 79.4 Å². The number of carboxylic acids is 1. The first-order valence-electron chi connectivity index (χ1n) is 5.22. The van der Waals surface area contributed by atoms with Gasteiger partial charge < -0.3 is 14.8 Å². The molecule has 0 spiro atoms. The van der Waals surface area contributed by atoms with Gasteiger partial charge in [0, 0.05) is 17.3 Å². The van der Waals surface area contributed by atoms with Gasteiger partial charge in [-0.25, -0.2) is 4.79 Å². The van der Waals surface area contributed by atoms with Gasteiger partial charge in [0.05, 0.1) is 12.7 Å². The van der Waals surface area contributed by atoms with Gasteiger partial charge in [-0.1, -0.05) is 12.1 Å². The molecule has 0 radical (unpaired) electrons. The van der Waals surface area contributed by atoms with Gasteiger partial charge in [-0.15, -0.1) is 0 Å². The molecular formula is C13H11NO4. The number of hydrogen-bond donors (Lipinski definition) is 2. The smallest absolute Gasteiger partial charge is 0.335 e. The maximum absolute atomic E-state index is 11.4. The molecule has 0 aliphatic rings. The molecule has 2 aromatic rings. The second-order valence-electron chi connectivity index (χ2n) is 3.68. The van der Waals surface area contributed by atoms with Crippen molar-refractivity contribution in [2.75, 3.05) is 7.11 Å². The third-order valence-corrected chi connectivity index (χ3v) is 2.47. The summed E-state index contributed by atoms with van der Waals surface area (Å²) in [6.07, 6.45) is 0. The van der Waals surface area contributed by atoms with E-state index in [9.17, 15) is 9.59 Å². The quantitative estimate of drug-likeness (QED) is 0.863. The summed E-state index contributed by atoms with van der Waals surface area (Å²) in [5, 5.41) is 8.90. The minimum Gasteiger partial charge on any atom is -0.497 e. The van der Waals surface area contributed by atoms with E-state index < -0.39 is 11.5 Å². The molecule has 92 valence electrons. The van der Waals surface area contributed by atoms with E-state index in [-0.39, 0.29) is 5.56 Å². The van der Waals surface area contributed by atoms with E-state index in [1.54, 1.807) is 24.3 Å². The van der Waals surface area contributed by atoms with Crippen LogP contribution in [0.5, 0.6) is 5.75 Å². The number of rotatable bonds is 3. The highest BCUT2D eigenvalue weighted by Crippen LogP contribution is 2.21. The zero-order chi connectivity index (χ0) is 13.1. The molecule has 5 heteroatoms. The number of H-pyrrole nitrogens is 1. The third-order valence-electron chi connectivity index (χ3n) is 2.47. The van der Waals surface area contributed by atoms with Crippen LogP contribution < -0.4 is 10.3 Å². The lowest BCUT2D eigenvalue weighted by molar-refractivity contribution is 0.0696. The number of carboxylic acid groups (broad SMARTS) is 1. The highest BCUT2D eigenvalue weighted by atomic mass is 16.5. The van der Waals surface area contributed by atoms with Crippen LogP contribution in [-0.2, 0) is 0 Å². The molecule has 2 rings (SSSR count). The second kappa shape index (κ2) is 4.75. The Kier molecular flexibility index (Phi) is 3.14. The molecule has 1 aromatic heterocycles. The molecule has 0 saturated heterocycles. The lowest BCUT2D eigenvalue weighted by Gasteiger charge is -2.05.